The Hall–Kier alpha value is -2.92. The van der Waals surface area contributed by atoms with Crippen LogP contribution in [-0.4, -0.2) is 20.4 Å². The van der Waals surface area contributed by atoms with Gasteiger partial charge < -0.3 is 0 Å². The number of H-pyrrole nitrogens is 1. The van der Waals surface area contributed by atoms with Gasteiger partial charge in [0, 0.05) is 22.3 Å². The number of hydrogen-bond donors (Lipinski definition) is 1. The quantitative estimate of drug-likeness (QED) is 0.756. The summed E-state index contributed by atoms with van der Waals surface area (Å²) in [4.78, 5) is 3.83. The first-order chi connectivity index (χ1) is 11.4. The number of aromatic amines is 1. The molecule has 120 valence electrons. The van der Waals surface area contributed by atoms with Gasteiger partial charge in [-0.15, -0.1) is 5.10 Å². The van der Waals surface area contributed by atoms with Gasteiger partial charge in [0.2, 0.25) is 0 Å². The zero-order valence-corrected chi connectivity index (χ0v) is 12.5. The minimum absolute atomic E-state index is 0.156. The summed E-state index contributed by atoms with van der Waals surface area (Å²) in [6.45, 7) is 0. The summed E-state index contributed by atoms with van der Waals surface area (Å²) < 4.78 is 37.8. The van der Waals surface area contributed by atoms with E-state index in [0.29, 0.717) is 27.5 Å². The highest BCUT2D eigenvalue weighted by molar-refractivity contribution is 6.31. The summed E-state index contributed by atoms with van der Waals surface area (Å²) in [5.74, 6) is 0. The lowest BCUT2D eigenvalue weighted by molar-refractivity contribution is -0.137. The molecule has 0 saturated carbocycles. The highest BCUT2D eigenvalue weighted by Crippen LogP contribution is 2.32. The van der Waals surface area contributed by atoms with Crippen molar-refractivity contribution in [1.82, 2.24) is 20.4 Å². The topological polar surface area (TPSA) is 78.2 Å². The molecule has 0 unspecified atom stereocenters. The first-order valence-electron chi connectivity index (χ1n) is 6.54. The molecule has 2 aromatic heterocycles. The van der Waals surface area contributed by atoms with Crippen LogP contribution in [0.5, 0.6) is 0 Å². The van der Waals surface area contributed by atoms with Crippen molar-refractivity contribution in [3.8, 4) is 28.6 Å². The summed E-state index contributed by atoms with van der Waals surface area (Å²) in [5, 5.41) is 19.2. The van der Waals surface area contributed by atoms with E-state index in [1.165, 1.54) is 6.07 Å². The van der Waals surface area contributed by atoms with E-state index in [2.05, 4.69) is 20.4 Å². The van der Waals surface area contributed by atoms with Crippen LogP contribution in [0.3, 0.4) is 0 Å². The number of nitrogens with one attached hydrogen (secondary N) is 1. The van der Waals surface area contributed by atoms with Gasteiger partial charge in [-0.1, -0.05) is 16.8 Å². The van der Waals surface area contributed by atoms with Crippen LogP contribution in [0.4, 0.5) is 13.2 Å². The molecule has 0 fully saturated rings. The Morgan fingerprint density at radius 3 is 2.50 bits per heavy atom. The number of halogens is 4. The molecule has 3 aromatic rings. The molecule has 5 nitrogen and oxygen atoms in total. The minimum Gasteiger partial charge on any atom is -0.256 e. The summed E-state index contributed by atoms with van der Waals surface area (Å²) in [6.07, 6.45) is -3.69. The first-order valence-corrected chi connectivity index (χ1v) is 6.92. The Bertz CT molecular complexity index is 926. The maximum absolute atomic E-state index is 12.6. The number of hydrogen-bond acceptors (Lipinski definition) is 4. The van der Waals surface area contributed by atoms with Gasteiger partial charge in [0.25, 0.3) is 0 Å². The van der Waals surface area contributed by atoms with Gasteiger partial charge in [-0.2, -0.15) is 18.4 Å². The second kappa shape index (κ2) is 5.94. The molecule has 0 aliphatic carbocycles. The molecule has 0 atom stereocenters. The van der Waals surface area contributed by atoms with E-state index in [1.54, 1.807) is 18.2 Å². The zero-order valence-electron chi connectivity index (χ0n) is 11.8. The fourth-order valence-electron chi connectivity index (χ4n) is 2.11. The molecular formula is C15H7ClF3N5. The molecular weight excluding hydrogens is 343 g/mol. The van der Waals surface area contributed by atoms with E-state index in [4.69, 9.17) is 16.9 Å². The number of nitriles is 1. The van der Waals surface area contributed by atoms with Crippen LogP contribution in [0.15, 0.2) is 36.5 Å². The molecule has 2 heterocycles. The molecule has 24 heavy (non-hydrogen) atoms. The molecule has 0 bridgehead atoms. The van der Waals surface area contributed by atoms with E-state index in [-0.39, 0.29) is 5.69 Å². The number of benzene rings is 1. The fraction of sp³-hybridized carbons (Fsp3) is 0.0667. The standard InChI is InChI=1S/C15H7ClF3N5/c16-11-4-8(12-2-1-10(7-21-12)15(17,18)19)3-9(5-11)14-13(6-20)22-24-23-14/h1-5,7H,(H,22,23,24). The normalized spacial score (nSPS) is 11.3. The number of pyridine rings is 1. The molecule has 0 radical (unpaired) electrons. The fourth-order valence-corrected chi connectivity index (χ4v) is 2.35. The summed E-state index contributed by atoms with van der Waals surface area (Å²) >= 11 is 6.07. The highest BCUT2D eigenvalue weighted by Gasteiger charge is 2.30. The second-order valence-corrected chi connectivity index (χ2v) is 5.24. The first kappa shape index (κ1) is 16.0. The predicted octanol–water partition coefficient (Wildman–Crippen LogP) is 4.08. The lowest BCUT2D eigenvalue weighted by Gasteiger charge is -2.08. The highest BCUT2D eigenvalue weighted by atomic mass is 35.5. The van der Waals surface area contributed by atoms with Gasteiger partial charge in [-0.3, -0.25) is 4.98 Å². The van der Waals surface area contributed by atoms with Crippen LogP contribution in [0.2, 0.25) is 5.02 Å². The lowest BCUT2D eigenvalue weighted by Crippen LogP contribution is -2.05. The van der Waals surface area contributed by atoms with Crippen LogP contribution in [-0.2, 0) is 6.18 Å². The van der Waals surface area contributed by atoms with Crippen LogP contribution in [0.25, 0.3) is 22.5 Å². The average Bonchev–Trinajstić information content (AvgIpc) is 3.02. The Morgan fingerprint density at radius 1 is 1.12 bits per heavy atom. The van der Waals surface area contributed by atoms with Crippen molar-refractivity contribution in [1.29, 1.82) is 5.26 Å². The largest absolute Gasteiger partial charge is 0.417 e. The molecule has 0 aliphatic heterocycles. The van der Waals surface area contributed by atoms with Crippen LogP contribution in [0.1, 0.15) is 11.3 Å². The third-order valence-electron chi connectivity index (χ3n) is 3.22. The summed E-state index contributed by atoms with van der Waals surface area (Å²) in [7, 11) is 0. The molecule has 1 aromatic carbocycles. The minimum atomic E-state index is -4.45. The van der Waals surface area contributed by atoms with E-state index >= 15 is 0 Å². The Labute approximate surface area is 138 Å². The van der Waals surface area contributed by atoms with Crippen LogP contribution >= 0.6 is 11.6 Å². The Morgan fingerprint density at radius 2 is 1.88 bits per heavy atom. The van der Waals surface area contributed by atoms with Crippen molar-refractivity contribution in [3.63, 3.8) is 0 Å². The lowest BCUT2D eigenvalue weighted by atomic mass is 10.0. The van der Waals surface area contributed by atoms with Gasteiger partial charge in [0.15, 0.2) is 5.69 Å². The van der Waals surface area contributed by atoms with Gasteiger partial charge in [0.1, 0.15) is 11.8 Å². The third kappa shape index (κ3) is 3.07. The Kier molecular flexibility index (Phi) is 3.95. The van der Waals surface area contributed by atoms with Crippen molar-refractivity contribution >= 4 is 11.6 Å². The van der Waals surface area contributed by atoms with Gasteiger partial charge in [-0.05, 0) is 30.3 Å². The Balaban J connectivity index is 2.05. The van der Waals surface area contributed by atoms with E-state index in [9.17, 15) is 13.2 Å². The number of alkyl halides is 3. The average molecular weight is 350 g/mol. The maximum atomic E-state index is 12.6. The number of aromatic nitrogens is 4. The predicted molar refractivity (Wildman–Crippen MR) is 79.8 cm³/mol. The zero-order chi connectivity index (χ0) is 17.3. The van der Waals surface area contributed by atoms with Gasteiger partial charge >= 0.3 is 6.18 Å². The van der Waals surface area contributed by atoms with E-state index < -0.39 is 11.7 Å². The number of nitrogens with zero attached hydrogens (tertiary/aromatic N) is 4. The van der Waals surface area contributed by atoms with E-state index in [1.807, 2.05) is 6.07 Å². The van der Waals surface area contributed by atoms with Crippen LogP contribution < -0.4 is 0 Å². The molecule has 0 spiro atoms. The molecule has 0 saturated heterocycles. The molecule has 0 aliphatic rings. The maximum Gasteiger partial charge on any atom is 0.417 e. The molecule has 1 N–H and O–H groups in total. The van der Waals surface area contributed by atoms with Crippen molar-refractivity contribution in [2.24, 2.45) is 0 Å². The van der Waals surface area contributed by atoms with Crippen molar-refractivity contribution in [3.05, 3.63) is 52.8 Å². The molecule has 0 amide bonds. The van der Waals surface area contributed by atoms with E-state index in [0.717, 1.165) is 12.3 Å². The SMILES string of the molecule is N#Cc1[nH]nnc1-c1cc(Cl)cc(-c2ccc(C(F)(F)F)cn2)c1. The van der Waals surface area contributed by atoms with Crippen molar-refractivity contribution in [2.75, 3.05) is 0 Å². The molecule has 3 rings (SSSR count). The smallest absolute Gasteiger partial charge is 0.256 e. The van der Waals surface area contributed by atoms with Gasteiger partial charge in [-0.25, -0.2) is 5.10 Å². The van der Waals surface area contributed by atoms with Crippen molar-refractivity contribution in [2.45, 2.75) is 6.18 Å². The second-order valence-electron chi connectivity index (χ2n) is 4.81. The van der Waals surface area contributed by atoms with Crippen molar-refractivity contribution < 1.29 is 13.2 Å². The van der Waals surface area contributed by atoms with Crippen LogP contribution in [0, 0.1) is 11.3 Å². The van der Waals surface area contributed by atoms with Gasteiger partial charge in [0.05, 0.1) is 11.3 Å². The number of rotatable bonds is 2. The third-order valence-corrected chi connectivity index (χ3v) is 3.44. The monoisotopic (exact) mass is 349 g/mol. The molecule has 9 heteroatoms. The summed E-state index contributed by atoms with van der Waals surface area (Å²) in [5.41, 5.74) is 0.935. The summed E-state index contributed by atoms with van der Waals surface area (Å²) in [6, 6.07) is 8.88.